The van der Waals surface area contributed by atoms with Crippen molar-refractivity contribution in [1.82, 2.24) is 5.32 Å². The van der Waals surface area contributed by atoms with E-state index in [0.717, 1.165) is 44.9 Å². The minimum absolute atomic E-state index is 0. The van der Waals surface area contributed by atoms with Gasteiger partial charge in [0, 0.05) is 11.3 Å². The zero-order valence-electron chi connectivity index (χ0n) is 25.5. The minimum atomic E-state index is -1.28. The molecule has 9 atom stereocenters. The molecule has 39 heavy (non-hydrogen) atoms. The van der Waals surface area contributed by atoms with Crippen molar-refractivity contribution in [1.29, 1.82) is 0 Å². The third-order valence-corrected chi connectivity index (χ3v) is 13.5. The van der Waals surface area contributed by atoms with Crippen LogP contribution >= 0.6 is 0 Å². The molecule has 212 valence electrons. The van der Waals surface area contributed by atoms with Crippen LogP contribution in [0.2, 0.25) is 0 Å². The Labute approximate surface area is 277 Å². The van der Waals surface area contributed by atoms with Crippen molar-refractivity contribution in [3.63, 3.8) is 0 Å². The summed E-state index contributed by atoms with van der Waals surface area (Å²) in [5.74, 6) is -0.907. The average molecular weight is 566 g/mol. The summed E-state index contributed by atoms with van der Waals surface area (Å²) in [6, 6.07) is 0. The Kier molecular flexibility index (Phi) is 8.18. The minimum Gasteiger partial charge on any atom is -0.548 e. The van der Waals surface area contributed by atoms with Crippen LogP contribution in [0.15, 0.2) is 11.6 Å². The van der Waals surface area contributed by atoms with Crippen LogP contribution in [0.4, 0.5) is 0 Å². The zero-order valence-corrected chi connectivity index (χ0v) is 28.7. The van der Waals surface area contributed by atoms with E-state index >= 15 is 0 Å². The second-order valence-corrected chi connectivity index (χ2v) is 15.7. The number of hydrogen-bond donors (Lipinski definition) is 2. The molecule has 4 fully saturated rings. The van der Waals surface area contributed by atoms with E-state index in [1.54, 1.807) is 0 Å². The number of carbonyl (C=O) groups excluding carboxylic acids is 3. The number of carboxylic acid groups (broad SMARTS) is 1. The van der Waals surface area contributed by atoms with Gasteiger partial charge in [-0.25, -0.2) is 0 Å². The maximum atomic E-state index is 14.3. The number of ketones is 1. The van der Waals surface area contributed by atoms with Crippen LogP contribution in [0, 0.1) is 50.2 Å². The van der Waals surface area contributed by atoms with Crippen LogP contribution in [-0.4, -0.2) is 35.4 Å². The number of aliphatic carboxylic acids is 1. The van der Waals surface area contributed by atoms with Gasteiger partial charge in [0.05, 0.1) is 18.6 Å². The Balaban J connectivity index is 0.00000353. The number of hydrogen-bond acceptors (Lipinski definition) is 5. The Morgan fingerprint density at radius 2 is 1.62 bits per heavy atom. The molecule has 0 radical (unpaired) electrons. The van der Waals surface area contributed by atoms with E-state index < -0.39 is 17.9 Å². The van der Waals surface area contributed by atoms with Crippen molar-refractivity contribution >= 4 is 17.7 Å². The van der Waals surface area contributed by atoms with E-state index in [2.05, 4.69) is 46.9 Å². The second-order valence-electron chi connectivity index (χ2n) is 15.7. The Morgan fingerprint density at radius 1 is 0.974 bits per heavy atom. The standard InChI is InChI=1S/C32H49NO5.K/c1-27(2)22-8-11-32(7)25(30(22,5)10-9-23(27)35)21(34)16-19-20-17-29(4,26(38)33-18-24(36)37)13-12-28(20,3)14-15-31(19,32)6;/h16,20,22-23,25,35H,8-15,17-18H2,1-7H3,(H,33,38)(H,36,37);/q;+1/p-1/t20-,22-,23-,25+,28+,29-,30-,31+,32+;/m0./s1. The number of fused-ring (bicyclic) bond motifs is 7. The molecule has 0 aromatic carbocycles. The van der Waals surface area contributed by atoms with Gasteiger partial charge in [0.25, 0.3) is 0 Å². The van der Waals surface area contributed by atoms with Crippen molar-refractivity contribution in [2.75, 3.05) is 6.54 Å². The van der Waals surface area contributed by atoms with Crippen molar-refractivity contribution in [2.24, 2.45) is 50.2 Å². The first kappa shape index (κ1) is 31.9. The van der Waals surface area contributed by atoms with E-state index in [-0.39, 0.29) is 108 Å². The summed E-state index contributed by atoms with van der Waals surface area (Å²) in [6.07, 6.45) is 9.66. The molecule has 7 heteroatoms. The molecule has 0 aromatic rings. The van der Waals surface area contributed by atoms with Crippen molar-refractivity contribution in [3.05, 3.63) is 11.6 Å². The van der Waals surface area contributed by atoms with Gasteiger partial charge in [-0.15, -0.1) is 0 Å². The van der Waals surface area contributed by atoms with Crippen LogP contribution in [0.3, 0.4) is 0 Å². The van der Waals surface area contributed by atoms with Gasteiger partial charge in [-0.1, -0.05) is 54.0 Å². The predicted molar refractivity (Wildman–Crippen MR) is 143 cm³/mol. The molecule has 5 aliphatic rings. The molecule has 1 amide bonds. The predicted octanol–water partition coefficient (Wildman–Crippen LogP) is 1.20. The van der Waals surface area contributed by atoms with E-state index in [1.165, 1.54) is 5.57 Å². The van der Waals surface area contributed by atoms with E-state index in [1.807, 2.05) is 13.0 Å². The molecule has 0 aromatic heterocycles. The fourth-order valence-corrected chi connectivity index (χ4v) is 10.7. The number of allylic oxidation sites excluding steroid dienone is 2. The van der Waals surface area contributed by atoms with Crippen LogP contribution < -0.4 is 61.8 Å². The number of carbonyl (C=O) groups is 3. The number of carboxylic acids is 1. The summed E-state index contributed by atoms with van der Waals surface area (Å²) in [5, 5.41) is 24.5. The Morgan fingerprint density at radius 3 is 2.26 bits per heavy atom. The maximum absolute atomic E-state index is 14.3. The first-order valence-electron chi connectivity index (χ1n) is 14.9. The van der Waals surface area contributed by atoms with Gasteiger partial charge in [-0.2, -0.15) is 0 Å². The molecular weight excluding hydrogens is 517 g/mol. The summed E-state index contributed by atoms with van der Waals surface area (Å²) >= 11 is 0. The fourth-order valence-electron chi connectivity index (χ4n) is 10.7. The monoisotopic (exact) mass is 565 g/mol. The fraction of sp³-hybridized carbons (Fsp3) is 0.844. The summed E-state index contributed by atoms with van der Waals surface area (Å²) in [6.45, 7) is 15.3. The Bertz CT molecular complexity index is 1100. The molecule has 0 heterocycles. The molecule has 4 saturated carbocycles. The molecule has 0 unspecified atom stereocenters. The molecule has 0 spiro atoms. The molecule has 0 saturated heterocycles. The Hall–Kier alpha value is -0.0536. The van der Waals surface area contributed by atoms with Crippen molar-refractivity contribution in [2.45, 2.75) is 112 Å². The first-order chi connectivity index (χ1) is 17.4. The number of nitrogens with one attached hydrogen (secondary N) is 1. The molecule has 2 N–H and O–H groups in total. The van der Waals surface area contributed by atoms with E-state index in [9.17, 15) is 24.6 Å². The first-order valence-corrected chi connectivity index (χ1v) is 14.9. The molecule has 6 nitrogen and oxygen atoms in total. The second kappa shape index (κ2) is 10.0. The summed E-state index contributed by atoms with van der Waals surface area (Å²) in [5.41, 5.74) is -0.0773. The molecule has 5 rings (SSSR count). The van der Waals surface area contributed by atoms with Gasteiger partial charge in [0.1, 0.15) is 0 Å². The summed E-state index contributed by atoms with van der Waals surface area (Å²) in [4.78, 5) is 38.5. The zero-order chi connectivity index (χ0) is 28.1. The average Bonchev–Trinajstić information content (AvgIpc) is 2.82. The van der Waals surface area contributed by atoms with Gasteiger partial charge < -0.3 is 20.3 Å². The molecular formula is C32H48KNO5. The maximum Gasteiger partial charge on any atom is 1.00 e. The van der Waals surface area contributed by atoms with Gasteiger partial charge >= 0.3 is 51.4 Å². The van der Waals surface area contributed by atoms with E-state index in [4.69, 9.17) is 0 Å². The third kappa shape index (κ3) is 4.45. The number of aliphatic hydroxyl groups excluding tert-OH is 1. The van der Waals surface area contributed by atoms with Gasteiger partial charge in [0.15, 0.2) is 5.78 Å². The van der Waals surface area contributed by atoms with E-state index in [0.29, 0.717) is 18.8 Å². The van der Waals surface area contributed by atoms with Crippen molar-refractivity contribution < 1.29 is 76.0 Å². The van der Waals surface area contributed by atoms with Crippen molar-refractivity contribution in [3.8, 4) is 0 Å². The molecule has 0 aliphatic heterocycles. The topological polar surface area (TPSA) is 107 Å². The third-order valence-electron chi connectivity index (χ3n) is 13.5. The van der Waals surface area contributed by atoms with Gasteiger partial charge in [-0.05, 0) is 103 Å². The summed E-state index contributed by atoms with van der Waals surface area (Å²) in [7, 11) is 0. The van der Waals surface area contributed by atoms with Crippen LogP contribution in [0.5, 0.6) is 0 Å². The smallest absolute Gasteiger partial charge is 0.548 e. The molecule has 5 aliphatic carbocycles. The van der Waals surface area contributed by atoms with Gasteiger partial charge in [0.2, 0.25) is 5.91 Å². The van der Waals surface area contributed by atoms with Crippen LogP contribution in [0.1, 0.15) is 106 Å². The SMILES string of the molecule is CC1(C)[C@@H](O)CC[C@]2(C)[C@H]3C(=O)C=C4[C@@H]5C[C@@](C)(C(=O)NCC(=O)[O-])CC[C@]5(C)CC[C@@]4(C)[C@]3(C)CC[C@@H]12.[K+]. The van der Waals surface area contributed by atoms with Crippen LogP contribution in [-0.2, 0) is 14.4 Å². The number of amides is 1. The molecule has 0 bridgehead atoms. The quantitative estimate of drug-likeness (QED) is 0.500. The summed E-state index contributed by atoms with van der Waals surface area (Å²) < 4.78 is 0. The van der Waals surface area contributed by atoms with Crippen LogP contribution in [0.25, 0.3) is 0 Å². The normalized spacial score (nSPS) is 48.2. The largest absolute Gasteiger partial charge is 1.00 e. The van der Waals surface area contributed by atoms with Gasteiger partial charge in [-0.3, -0.25) is 9.59 Å². The number of aliphatic hydroxyl groups is 1. The number of rotatable bonds is 3.